The van der Waals surface area contributed by atoms with Gasteiger partial charge in [0.25, 0.3) is 0 Å². The lowest BCUT2D eigenvalue weighted by molar-refractivity contribution is 0.601. The van der Waals surface area contributed by atoms with Crippen LogP contribution in [0.25, 0.3) is 0 Å². The Kier molecular flexibility index (Phi) is 5.97. The van der Waals surface area contributed by atoms with E-state index < -0.39 is 10.0 Å². The topological polar surface area (TPSA) is 72.2 Å². The minimum Gasteiger partial charge on any atom is -0.329 e. The van der Waals surface area contributed by atoms with Gasteiger partial charge in [0.15, 0.2) is 0 Å². The Morgan fingerprint density at radius 2 is 1.93 bits per heavy atom. The van der Waals surface area contributed by atoms with E-state index in [1.54, 1.807) is 24.3 Å². The van der Waals surface area contributed by atoms with Gasteiger partial charge in [-0.15, -0.1) is 12.4 Å². The number of hydrogen-bond donors (Lipinski definition) is 2. The minimum absolute atomic E-state index is 0. The van der Waals surface area contributed by atoms with Crippen LogP contribution < -0.4 is 10.5 Å². The summed E-state index contributed by atoms with van der Waals surface area (Å²) in [6.45, 7) is 0.0831. The average molecular weight is 271 g/mol. The van der Waals surface area contributed by atoms with E-state index in [1.165, 1.54) is 0 Å². The van der Waals surface area contributed by atoms with Crippen LogP contribution in [0.3, 0.4) is 0 Å². The molecule has 0 aromatic heterocycles. The van der Waals surface area contributed by atoms with Gasteiger partial charge >= 0.3 is 0 Å². The van der Waals surface area contributed by atoms with Gasteiger partial charge in [0.05, 0.1) is 16.5 Å². The van der Waals surface area contributed by atoms with Gasteiger partial charge in [-0.05, 0) is 12.1 Å². The highest BCUT2D eigenvalue weighted by atomic mass is 35.5. The number of hydrogen-bond acceptors (Lipinski definition) is 3. The Morgan fingerprint density at radius 3 is 2.47 bits per heavy atom. The second kappa shape index (κ2) is 6.17. The molecule has 1 rings (SSSR count). The number of para-hydroxylation sites is 1. The molecule has 0 atom stereocenters. The lowest BCUT2D eigenvalue weighted by atomic mass is 10.3. The van der Waals surface area contributed by atoms with Gasteiger partial charge in [-0.25, -0.2) is 8.42 Å². The molecule has 4 nitrogen and oxygen atoms in total. The first-order valence-corrected chi connectivity index (χ1v) is 6.03. The first-order valence-electron chi connectivity index (χ1n) is 4.00. The van der Waals surface area contributed by atoms with Crippen molar-refractivity contribution in [1.82, 2.24) is 0 Å². The van der Waals surface area contributed by atoms with Crippen molar-refractivity contribution in [3.63, 3.8) is 0 Å². The van der Waals surface area contributed by atoms with Crippen molar-refractivity contribution >= 4 is 39.7 Å². The summed E-state index contributed by atoms with van der Waals surface area (Å²) in [6.07, 6.45) is 0. The van der Waals surface area contributed by atoms with Gasteiger partial charge < -0.3 is 5.73 Å². The molecule has 0 saturated heterocycles. The van der Waals surface area contributed by atoms with E-state index in [1.807, 2.05) is 0 Å². The molecule has 0 aliphatic rings. The predicted octanol–water partition coefficient (Wildman–Crippen LogP) is 1.46. The highest BCUT2D eigenvalue weighted by Crippen LogP contribution is 2.21. The van der Waals surface area contributed by atoms with E-state index in [9.17, 15) is 8.42 Å². The van der Waals surface area contributed by atoms with Gasteiger partial charge in [-0.1, -0.05) is 23.7 Å². The largest absolute Gasteiger partial charge is 0.329 e. The number of sulfonamides is 1. The summed E-state index contributed by atoms with van der Waals surface area (Å²) in [5.74, 6) is -0.113. The van der Waals surface area contributed by atoms with Crippen molar-refractivity contribution in [1.29, 1.82) is 0 Å². The Morgan fingerprint density at radius 1 is 1.33 bits per heavy atom. The molecule has 0 aliphatic heterocycles. The first kappa shape index (κ1) is 14.5. The van der Waals surface area contributed by atoms with Gasteiger partial charge in [0.1, 0.15) is 0 Å². The fraction of sp³-hybridized carbons (Fsp3) is 0.250. The summed E-state index contributed by atoms with van der Waals surface area (Å²) >= 11 is 5.77. The third-order valence-corrected chi connectivity index (χ3v) is 3.16. The van der Waals surface area contributed by atoms with Crippen LogP contribution in [0.2, 0.25) is 5.02 Å². The number of nitrogens with one attached hydrogen (secondary N) is 1. The molecule has 0 spiro atoms. The standard InChI is InChI=1S/C8H11ClN2O2S.ClH/c9-7-3-1-2-4-8(7)11-14(12,13)6-5-10;/h1-4,11H,5-6,10H2;1H. The summed E-state index contributed by atoms with van der Waals surface area (Å²) in [7, 11) is -3.37. The Balaban J connectivity index is 0.00000196. The van der Waals surface area contributed by atoms with Crippen molar-refractivity contribution < 1.29 is 8.42 Å². The molecular formula is C8H12Cl2N2O2S. The van der Waals surface area contributed by atoms with Crippen molar-refractivity contribution in [2.75, 3.05) is 17.0 Å². The number of halogens is 2. The third-order valence-electron chi connectivity index (χ3n) is 1.53. The number of anilines is 1. The number of nitrogens with two attached hydrogens (primary N) is 1. The molecule has 0 heterocycles. The van der Waals surface area contributed by atoms with Crippen LogP contribution in [0.4, 0.5) is 5.69 Å². The van der Waals surface area contributed by atoms with Crippen LogP contribution in [0.15, 0.2) is 24.3 Å². The second-order valence-electron chi connectivity index (χ2n) is 2.69. The van der Waals surface area contributed by atoms with Crippen LogP contribution in [0, 0.1) is 0 Å². The molecule has 1 aromatic carbocycles. The summed E-state index contributed by atoms with van der Waals surface area (Å²) in [6, 6.07) is 6.63. The highest BCUT2D eigenvalue weighted by Gasteiger charge is 2.10. The molecule has 0 radical (unpaired) electrons. The normalized spacial score (nSPS) is 10.5. The molecule has 15 heavy (non-hydrogen) atoms. The SMILES string of the molecule is Cl.NCCS(=O)(=O)Nc1ccccc1Cl. The van der Waals surface area contributed by atoms with E-state index in [-0.39, 0.29) is 24.7 Å². The monoisotopic (exact) mass is 270 g/mol. The van der Waals surface area contributed by atoms with Crippen LogP contribution in [0.1, 0.15) is 0 Å². The highest BCUT2D eigenvalue weighted by molar-refractivity contribution is 7.92. The molecular weight excluding hydrogens is 259 g/mol. The Labute approximate surface area is 100 Å². The molecule has 1 aromatic rings. The second-order valence-corrected chi connectivity index (χ2v) is 4.94. The predicted molar refractivity (Wildman–Crippen MR) is 65.2 cm³/mol. The van der Waals surface area contributed by atoms with E-state index in [0.29, 0.717) is 10.7 Å². The minimum atomic E-state index is -3.37. The van der Waals surface area contributed by atoms with Crippen LogP contribution in [0.5, 0.6) is 0 Å². The zero-order valence-electron chi connectivity index (χ0n) is 7.81. The maximum atomic E-state index is 11.3. The summed E-state index contributed by atoms with van der Waals surface area (Å²) < 4.78 is 25.0. The van der Waals surface area contributed by atoms with Gasteiger partial charge in [-0.2, -0.15) is 0 Å². The van der Waals surface area contributed by atoms with Gasteiger partial charge in [0, 0.05) is 6.54 Å². The van der Waals surface area contributed by atoms with Gasteiger partial charge in [-0.3, -0.25) is 4.72 Å². The summed E-state index contributed by atoms with van der Waals surface area (Å²) in [5.41, 5.74) is 5.53. The number of rotatable bonds is 4. The van der Waals surface area contributed by atoms with E-state index in [0.717, 1.165) is 0 Å². The lowest BCUT2D eigenvalue weighted by Crippen LogP contribution is -2.22. The van der Waals surface area contributed by atoms with Crippen molar-refractivity contribution in [2.45, 2.75) is 0 Å². The Hall–Kier alpha value is -0.490. The molecule has 0 unspecified atom stereocenters. The lowest BCUT2D eigenvalue weighted by Gasteiger charge is -2.07. The summed E-state index contributed by atoms with van der Waals surface area (Å²) in [4.78, 5) is 0. The molecule has 0 aliphatic carbocycles. The van der Waals surface area contributed by atoms with Crippen molar-refractivity contribution in [3.8, 4) is 0 Å². The summed E-state index contributed by atoms with van der Waals surface area (Å²) in [5, 5.41) is 0.369. The third kappa shape index (κ3) is 4.70. The van der Waals surface area contributed by atoms with Crippen molar-refractivity contribution in [2.24, 2.45) is 5.73 Å². The van der Waals surface area contributed by atoms with Crippen molar-refractivity contribution in [3.05, 3.63) is 29.3 Å². The molecule has 3 N–H and O–H groups in total. The maximum absolute atomic E-state index is 11.3. The van der Waals surface area contributed by atoms with Crippen LogP contribution >= 0.6 is 24.0 Å². The Bertz CT molecular complexity index is 409. The molecule has 0 fully saturated rings. The zero-order chi connectivity index (χ0) is 10.6. The van der Waals surface area contributed by atoms with E-state index >= 15 is 0 Å². The average Bonchev–Trinajstić information content (AvgIpc) is 2.08. The quantitative estimate of drug-likeness (QED) is 0.870. The number of benzene rings is 1. The molecule has 0 amide bonds. The van der Waals surface area contributed by atoms with Crippen LogP contribution in [-0.4, -0.2) is 20.7 Å². The van der Waals surface area contributed by atoms with Gasteiger partial charge in [0.2, 0.25) is 10.0 Å². The zero-order valence-corrected chi connectivity index (χ0v) is 10.2. The van der Waals surface area contributed by atoms with E-state index in [2.05, 4.69) is 4.72 Å². The van der Waals surface area contributed by atoms with Crippen LogP contribution in [-0.2, 0) is 10.0 Å². The van der Waals surface area contributed by atoms with E-state index in [4.69, 9.17) is 17.3 Å². The fourth-order valence-corrected chi connectivity index (χ4v) is 2.08. The smallest absolute Gasteiger partial charge is 0.234 e. The molecule has 0 saturated carbocycles. The molecule has 0 bridgehead atoms. The first-order chi connectivity index (χ1) is 6.55. The molecule has 86 valence electrons. The fourth-order valence-electron chi connectivity index (χ4n) is 0.918. The molecule has 7 heteroatoms. The maximum Gasteiger partial charge on any atom is 0.234 e.